The fourth-order valence-electron chi connectivity index (χ4n) is 7.12. The highest BCUT2D eigenvalue weighted by Gasteiger charge is 2.63. The minimum absolute atomic E-state index is 0.0191. The zero-order chi connectivity index (χ0) is 23.4. The lowest BCUT2D eigenvalue weighted by atomic mass is 9.64. The van der Waals surface area contributed by atoms with Gasteiger partial charge in [0, 0.05) is 54.0 Å². The van der Waals surface area contributed by atoms with Gasteiger partial charge in [-0.1, -0.05) is 42.4 Å². The third-order valence-electron chi connectivity index (χ3n) is 8.77. The lowest BCUT2D eigenvalue weighted by Crippen LogP contribution is -2.59. The number of likely N-dealkylation sites (tertiary alicyclic amines) is 2. The molecular weight excluding hydrogens is 426 g/mol. The third-order valence-corrected chi connectivity index (χ3v) is 8.77. The molecule has 0 spiro atoms. The first-order valence-electron chi connectivity index (χ1n) is 12.6. The highest BCUT2D eigenvalue weighted by Crippen LogP contribution is 2.56. The molecule has 1 amide bonds. The van der Waals surface area contributed by atoms with Gasteiger partial charge >= 0.3 is 0 Å². The predicted octanol–water partition coefficient (Wildman–Crippen LogP) is 4.26. The molecule has 4 heterocycles. The number of nitrogens with zero attached hydrogens (tertiary/aromatic N) is 5. The highest BCUT2D eigenvalue weighted by molar-refractivity contribution is 5.93. The summed E-state index contributed by atoms with van der Waals surface area (Å²) in [6, 6.07) is 13.7. The van der Waals surface area contributed by atoms with Crippen LogP contribution < -0.4 is 0 Å². The molecule has 0 unspecified atom stereocenters. The van der Waals surface area contributed by atoms with Gasteiger partial charge in [-0.05, 0) is 51.6 Å². The Morgan fingerprint density at radius 3 is 2.76 bits per heavy atom. The van der Waals surface area contributed by atoms with Crippen LogP contribution in [0.2, 0.25) is 0 Å². The molecule has 0 radical (unpaired) electrons. The summed E-state index contributed by atoms with van der Waals surface area (Å²) >= 11 is 0. The van der Waals surface area contributed by atoms with Crippen LogP contribution in [0.15, 0.2) is 53.3 Å². The maximum Gasteiger partial charge on any atom is 0.293 e. The second-order valence-electron chi connectivity index (χ2n) is 10.5. The number of carbonyl (C=O) groups excluding carboxylic acids is 1. The van der Waals surface area contributed by atoms with Gasteiger partial charge in [0.25, 0.3) is 5.91 Å². The van der Waals surface area contributed by atoms with Gasteiger partial charge in [0.05, 0.1) is 6.20 Å². The topological polar surface area (TPSA) is 67.4 Å². The summed E-state index contributed by atoms with van der Waals surface area (Å²) in [7, 11) is 2.27. The Labute approximate surface area is 200 Å². The summed E-state index contributed by atoms with van der Waals surface area (Å²) in [4.78, 5) is 18.8. The monoisotopic (exact) mass is 459 g/mol. The third kappa shape index (κ3) is 3.24. The van der Waals surface area contributed by atoms with E-state index in [2.05, 4.69) is 64.4 Å². The number of aromatic nitrogens is 3. The first-order chi connectivity index (χ1) is 16.5. The van der Waals surface area contributed by atoms with Crippen LogP contribution in [0.4, 0.5) is 0 Å². The number of amides is 1. The summed E-state index contributed by atoms with van der Waals surface area (Å²) in [5.41, 5.74) is 2.98. The molecule has 2 saturated heterocycles. The SMILES string of the molecule is CCn1cc(-c2cc(C(=O)N3[C@H]4CCC[C@H]5N(C)[C@H](Cc6ccccc6)[C@@H]3C[C@@]45C)on2)cn1. The molecule has 2 aliphatic heterocycles. The molecule has 1 aliphatic carbocycles. The van der Waals surface area contributed by atoms with E-state index >= 15 is 0 Å². The number of rotatable bonds is 5. The van der Waals surface area contributed by atoms with E-state index in [1.54, 1.807) is 12.3 Å². The Bertz CT molecular complexity index is 1190. The number of piperidine rings is 1. The van der Waals surface area contributed by atoms with Crippen LogP contribution in [0.25, 0.3) is 11.3 Å². The molecule has 3 fully saturated rings. The molecule has 178 valence electrons. The summed E-state index contributed by atoms with van der Waals surface area (Å²) in [5.74, 6) is 0.313. The van der Waals surface area contributed by atoms with Crippen LogP contribution in [-0.2, 0) is 13.0 Å². The van der Waals surface area contributed by atoms with E-state index in [0.29, 0.717) is 17.5 Å². The number of fused-ring (bicyclic) bond motifs is 1. The first-order valence-corrected chi connectivity index (χ1v) is 12.6. The normalized spacial score (nSPS) is 30.6. The number of hydrogen-bond acceptors (Lipinski definition) is 5. The fraction of sp³-hybridized carbons (Fsp3) is 0.519. The molecule has 7 nitrogen and oxygen atoms in total. The lowest BCUT2D eigenvalue weighted by Gasteiger charge is -2.51. The molecule has 2 aromatic heterocycles. The molecule has 0 N–H and O–H groups in total. The van der Waals surface area contributed by atoms with E-state index in [4.69, 9.17) is 4.52 Å². The summed E-state index contributed by atoms with van der Waals surface area (Å²) in [6.07, 6.45) is 9.14. The van der Waals surface area contributed by atoms with Crippen molar-refractivity contribution in [1.82, 2.24) is 24.7 Å². The molecule has 1 aromatic carbocycles. The Kier molecular flexibility index (Phi) is 5.13. The quantitative estimate of drug-likeness (QED) is 0.570. The number of carbonyl (C=O) groups is 1. The molecule has 2 bridgehead atoms. The maximum atomic E-state index is 14.0. The van der Waals surface area contributed by atoms with E-state index in [1.165, 1.54) is 12.0 Å². The van der Waals surface area contributed by atoms with Gasteiger partial charge in [-0.25, -0.2) is 0 Å². The summed E-state index contributed by atoms with van der Waals surface area (Å²) < 4.78 is 7.49. The molecule has 5 atom stereocenters. The fourth-order valence-corrected chi connectivity index (χ4v) is 7.12. The van der Waals surface area contributed by atoms with E-state index < -0.39 is 0 Å². The Morgan fingerprint density at radius 1 is 1.21 bits per heavy atom. The van der Waals surface area contributed by atoms with Crippen molar-refractivity contribution in [1.29, 1.82) is 0 Å². The average molecular weight is 460 g/mol. The van der Waals surface area contributed by atoms with Gasteiger partial charge in [0.15, 0.2) is 0 Å². The standard InChI is InChI=1S/C27H33N5O2/c1-4-31-17-19(16-28-31)20-14-23(34-29-20)26(33)32-22-15-27(2)24(11-8-12-25(27)32)30(3)21(22)13-18-9-6-5-7-10-18/h5-7,9-10,14,16-17,21-22,24-25H,4,8,11-13,15H2,1-3H3/t21-,22+,24-,25+,27-/m1/s1. The molecule has 34 heavy (non-hydrogen) atoms. The Morgan fingerprint density at radius 2 is 2.00 bits per heavy atom. The van der Waals surface area contributed by atoms with Gasteiger partial charge in [0.1, 0.15) is 5.69 Å². The van der Waals surface area contributed by atoms with Crippen molar-refractivity contribution in [2.45, 2.75) is 76.7 Å². The van der Waals surface area contributed by atoms with Crippen molar-refractivity contribution in [2.24, 2.45) is 5.41 Å². The number of benzene rings is 1. The van der Waals surface area contributed by atoms with Gasteiger partial charge in [-0.3, -0.25) is 14.4 Å². The minimum atomic E-state index is -0.0191. The van der Waals surface area contributed by atoms with Gasteiger partial charge in [-0.2, -0.15) is 5.10 Å². The Balaban J connectivity index is 1.34. The van der Waals surface area contributed by atoms with Crippen LogP contribution in [0.3, 0.4) is 0 Å². The van der Waals surface area contributed by atoms with Gasteiger partial charge in [-0.15, -0.1) is 0 Å². The maximum absolute atomic E-state index is 14.0. The largest absolute Gasteiger partial charge is 0.350 e. The molecule has 6 rings (SSSR count). The number of aryl methyl sites for hydroxylation is 1. The first kappa shape index (κ1) is 21.6. The van der Waals surface area contributed by atoms with E-state index in [1.807, 2.05) is 17.8 Å². The van der Waals surface area contributed by atoms with Crippen molar-refractivity contribution < 1.29 is 9.32 Å². The van der Waals surface area contributed by atoms with E-state index in [0.717, 1.165) is 37.8 Å². The van der Waals surface area contributed by atoms with Crippen molar-refractivity contribution in [3.05, 3.63) is 60.1 Å². The van der Waals surface area contributed by atoms with Crippen LogP contribution in [0, 0.1) is 5.41 Å². The van der Waals surface area contributed by atoms with E-state index in [-0.39, 0.29) is 29.4 Å². The second kappa shape index (κ2) is 8.08. The smallest absolute Gasteiger partial charge is 0.293 e. The summed E-state index contributed by atoms with van der Waals surface area (Å²) in [6.45, 7) is 5.24. The second-order valence-corrected chi connectivity index (χ2v) is 10.5. The van der Waals surface area contributed by atoms with E-state index in [9.17, 15) is 4.79 Å². The Hall–Kier alpha value is -2.93. The van der Waals surface area contributed by atoms with Crippen molar-refractivity contribution in [3.63, 3.8) is 0 Å². The number of hydrogen-bond donors (Lipinski definition) is 0. The zero-order valence-electron chi connectivity index (χ0n) is 20.2. The predicted molar refractivity (Wildman–Crippen MR) is 129 cm³/mol. The van der Waals surface area contributed by atoms with Crippen LogP contribution in [0.1, 0.15) is 55.6 Å². The minimum Gasteiger partial charge on any atom is -0.350 e. The molecular formula is C27H33N5O2. The molecule has 7 heteroatoms. The average Bonchev–Trinajstić information content (AvgIpc) is 3.58. The molecule has 3 aromatic rings. The van der Waals surface area contributed by atoms with Crippen LogP contribution in [0.5, 0.6) is 0 Å². The highest BCUT2D eigenvalue weighted by atomic mass is 16.5. The van der Waals surface area contributed by atoms with Crippen molar-refractivity contribution in [3.8, 4) is 11.3 Å². The van der Waals surface area contributed by atoms with Gasteiger partial charge in [0.2, 0.25) is 5.76 Å². The zero-order valence-corrected chi connectivity index (χ0v) is 20.2. The van der Waals surface area contributed by atoms with Crippen molar-refractivity contribution in [2.75, 3.05) is 7.05 Å². The van der Waals surface area contributed by atoms with Gasteiger partial charge < -0.3 is 9.42 Å². The van der Waals surface area contributed by atoms with Crippen molar-refractivity contribution >= 4 is 5.91 Å². The molecule has 1 saturated carbocycles. The summed E-state index contributed by atoms with van der Waals surface area (Å²) in [5, 5.41) is 8.55. The molecule has 3 aliphatic rings. The number of likely N-dealkylation sites (N-methyl/N-ethyl adjacent to an activating group) is 1. The lowest BCUT2D eigenvalue weighted by molar-refractivity contribution is -0.00398. The van der Waals surface area contributed by atoms with Crippen LogP contribution >= 0.6 is 0 Å². The van der Waals surface area contributed by atoms with Crippen LogP contribution in [-0.4, -0.2) is 61.9 Å².